The fourth-order valence-corrected chi connectivity index (χ4v) is 0.811. The summed E-state index contributed by atoms with van der Waals surface area (Å²) in [5.41, 5.74) is 7.97. The first kappa shape index (κ1) is 10.1. The average Bonchev–Trinajstić information content (AvgIpc) is 2.18. The van der Waals surface area contributed by atoms with Crippen molar-refractivity contribution >= 4 is 12.0 Å². The van der Waals surface area contributed by atoms with Crippen LogP contribution in [0.2, 0.25) is 0 Å². The smallest absolute Gasteiger partial charge is 0.187 e. The molecule has 0 aliphatic carbocycles. The molecule has 0 aliphatic rings. The summed E-state index contributed by atoms with van der Waals surface area (Å²) in [6, 6.07) is 2.70. The maximum atomic E-state index is 12.6. The summed E-state index contributed by atoms with van der Waals surface area (Å²) in [4.78, 5) is 11.1. The van der Waals surface area contributed by atoms with Gasteiger partial charge in [0.2, 0.25) is 0 Å². The second kappa shape index (κ2) is 4.31. The Morgan fingerprint density at radius 2 is 2.14 bits per heavy atom. The van der Waals surface area contributed by atoms with Crippen molar-refractivity contribution in [1.29, 1.82) is 0 Å². The summed E-state index contributed by atoms with van der Waals surface area (Å²) in [6.45, 7) is 0. The van der Waals surface area contributed by atoms with E-state index in [0.717, 1.165) is 24.4 Å². The molecule has 4 nitrogen and oxygen atoms in total. The van der Waals surface area contributed by atoms with Crippen LogP contribution < -0.4 is 5.22 Å². The van der Waals surface area contributed by atoms with Crippen molar-refractivity contribution in [3.63, 3.8) is 0 Å². The number of hydrogen-bond acceptors (Lipinski definition) is 1. The van der Waals surface area contributed by atoms with Gasteiger partial charge in [0, 0.05) is 11.8 Å². The van der Waals surface area contributed by atoms with Crippen LogP contribution in [-0.2, 0) is 0 Å². The molecule has 0 fully saturated rings. The zero-order valence-corrected chi connectivity index (χ0v) is 6.87. The van der Waals surface area contributed by atoms with Crippen molar-refractivity contribution in [2.24, 2.45) is 5.10 Å². The molecule has 0 bridgehead atoms. The average molecular weight is 197 g/mol. The number of halogens is 2. The SMILES string of the molecule is [N-]=[NH+]N=CC(=O)c1ccc(F)c(F)c1. The van der Waals surface area contributed by atoms with E-state index in [0.29, 0.717) is 0 Å². The highest BCUT2D eigenvalue weighted by atomic mass is 19.2. The van der Waals surface area contributed by atoms with Gasteiger partial charge in [-0.2, -0.15) is 15.9 Å². The molecule has 1 rings (SSSR count). The molecule has 0 spiro atoms. The fraction of sp³-hybridized carbons (Fsp3) is 0. The number of Topliss-reactive ketones (excluding diaryl/α,β-unsaturated/α-hetero) is 1. The van der Waals surface area contributed by atoms with E-state index < -0.39 is 17.4 Å². The molecule has 72 valence electrons. The van der Waals surface area contributed by atoms with E-state index in [9.17, 15) is 13.6 Å². The Bertz CT molecular complexity index is 404. The van der Waals surface area contributed by atoms with E-state index in [1.165, 1.54) is 5.22 Å². The summed E-state index contributed by atoms with van der Waals surface area (Å²) < 4.78 is 25.1. The highest BCUT2D eigenvalue weighted by Crippen LogP contribution is 2.08. The molecule has 0 amide bonds. The molecular formula is C8H5F2N3O. The Hall–Kier alpha value is -1.98. The van der Waals surface area contributed by atoms with Crippen LogP contribution in [0.15, 0.2) is 23.3 Å². The van der Waals surface area contributed by atoms with E-state index in [1.54, 1.807) is 0 Å². The lowest BCUT2D eigenvalue weighted by molar-refractivity contribution is -0.485. The van der Waals surface area contributed by atoms with Crippen LogP contribution in [0.3, 0.4) is 0 Å². The molecule has 0 atom stereocenters. The van der Waals surface area contributed by atoms with Crippen LogP contribution in [0.25, 0.3) is 5.53 Å². The molecule has 0 saturated heterocycles. The van der Waals surface area contributed by atoms with E-state index in [2.05, 4.69) is 5.10 Å². The van der Waals surface area contributed by atoms with Gasteiger partial charge in [-0.25, -0.2) is 8.78 Å². The van der Waals surface area contributed by atoms with Crippen molar-refractivity contribution < 1.29 is 18.8 Å². The monoisotopic (exact) mass is 197 g/mol. The molecule has 14 heavy (non-hydrogen) atoms. The fourth-order valence-electron chi connectivity index (χ4n) is 0.811. The van der Waals surface area contributed by atoms with Crippen LogP contribution in [0, 0.1) is 11.6 Å². The van der Waals surface area contributed by atoms with Gasteiger partial charge in [0.15, 0.2) is 17.4 Å². The maximum Gasteiger partial charge on any atom is 0.187 e. The number of rotatable bonds is 3. The standard InChI is InChI=1S/C8H5F2N3O/c9-6-2-1-5(3-7(6)10)8(14)4-12-13-11/h1-4,13H. The van der Waals surface area contributed by atoms with Gasteiger partial charge in [0.25, 0.3) is 0 Å². The third-order valence-electron chi connectivity index (χ3n) is 1.44. The van der Waals surface area contributed by atoms with Crippen LogP contribution in [0.4, 0.5) is 8.78 Å². The summed E-state index contributed by atoms with van der Waals surface area (Å²) in [6.07, 6.45) is 0.743. The summed E-state index contributed by atoms with van der Waals surface area (Å²) in [5, 5.41) is 4.39. The highest BCUT2D eigenvalue weighted by Gasteiger charge is 2.06. The highest BCUT2D eigenvalue weighted by molar-refractivity contribution is 6.35. The molecular weight excluding hydrogens is 192 g/mol. The number of hydrazone groups is 1. The Morgan fingerprint density at radius 3 is 2.71 bits per heavy atom. The minimum atomic E-state index is -1.11. The lowest BCUT2D eigenvalue weighted by Crippen LogP contribution is -2.54. The molecule has 1 aromatic carbocycles. The zero-order chi connectivity index (χ0) is 10.6. The molecule has 0 radical (unpaired) electrons. The van der Waals surface area contributed by atoms with Gasteiger partial charge < -0.3 is 0 Å². The van der Waals surface area contributed by atoms with Gasteiger partial charge in [0.05, 0.1) is 0 Å². The molecule has 0 aromatic heterocycles. The van der Waals surface area contributed by atoms with Crippen molar-refractivity contribution in [1.82, 2.24) is 0 Å². The molecule has 0 aliphatic heterocycles. The van der Waals surface area contributed by atoms with Gasteiger partial charge in [-0.05, 0) is 18.2 Å². The van der Waals surface area contributed by atoms with Crippen molar-refractivity contribution in [2.45, 2.75) is 0 Å². The Balaban J connectivity index is 2.97. The first-order valence-corrected chi connectivity index (χ1v) is 3.56. The molecule has 1 aromatic rings. The lowest BCUT2D eigenvalue weighted by Gasteiger charge is -1.96. The molecule has 1 N–H and O–H groups in total. The molecule has 0 saturated carbocycles. The van der Waals surface area contributed by atoms with E-state index in [-0.39, 0.29) is 5.56 Å². The van der Waals surface area contributed by atoms with Gasteiger partial charge >= 0.3 is 0 Å². The molecule has 6 heteroatoms. The molecule has 0 heterocycles. The van der Waals surface area contributed by atoms with Crippen LogP contribution in [0.5, 0.6) is 0 Å². The summed E-state index contributed by atoms with van der Waals surface area (Å²) in [5.74, 6) is -2.79. The first-order chi connectivity index (χ1) is 6.65. The number of nitrogens with zero attached hydrogens (tertiary/aromatic N) is 2. The van der Waals surface area contributed by atoms with Gasteiger partial charge in [-0.1, -0.05) is 0 Å². The van der Waals surface area contributed by atoms with Gasteiger partial charge in [0.1, 0.15) is 0 Å². The quantitative estimate of drug-likeness (QED) is 0.320. The maximum absolute atomic E-state index is 12.6. The zero-order valence-electron chi connectivity index (χ0n) is 6.87. The predicted molar refractivity (Wildman–Crippen MR) is 43.5 cm³/mol. The number of nitrogens with one attached hydrogen (secondary N) is 1. The summed E-state index contributed by atoms with van der Waals surface area (Å²) in [7, 11) is 0. The van der Waals surface area contributed by atoms with Crippen LogP contribution in [0.1, 0.15) is 10.4 Å². The Kier molecular flexibility index (Phi) is 3.11. The van der Waals surface area contributed by atoms with Crippen molar-refractivity contribution in [3.8, 4) is 0 Å². The Labute approximate surface area is 77.8 Å². The number of carbonyl (C=O) groups excluding carboxylic acids is 1. The number of hydrogen-bond donors (Lipinski definition) is 1. The van der Waals surface area contributed by atoms with Gasteiger partial charge in [-0.15, -0.1) is 0 Å². The minimum Gasteiger partial charge on any atom is -0.289 e. The number of carbonyl (C=O) groups is 1. The normalized spacial score (nSPS) is 10.4. The predicted octanol–water partition coefficient (Wildman–Crippen LogP) is 0.235. The largest absolute Gasteiger partial charge is 0.289 e. The van der Waals surface area contributed by atoms with E-state index in [1.807, 2.05) is 0 Å². The number of benzene rings is 1. The topological polar surface area (TPSA) is 65.7 Å². The van der Waals surface area contributed by atoms with Crippen LogP contribution in [-0.4, -0.2) is 12.0 Å². The lowest BCUT2D eigenvalue weighted by atomic mass is 10.1. The third-order valence-corrected chi connectivity index (χ3v) is 1.44. The third kappa shape index (κ3) is 2.25. The first-order valence-electron chi connectivity index (χ1n) is 3.56. The second-order valence-electron chi connectivity index (χ2n) is 2.35. The van der Waals surface area contributed by atoms with E-state index >= 15 is 0 Å². The van der Waals surface area contributed by atoms with E-state index in [4.69, 9.17) is 5.53 Å². The van der Waals surface area contributed by atoms with Gasteiger partial charge in [-0.3, -0.25) is 4.79 Å². The minimum absolute atomic E-state index is 0.0529. The summed E-state index contributed by atoms with van der Waals surface area (Å²) >= 11 is 0. The van der Waals surface area contributed by atoms with Crippen molar-refractivity contribution in [3.05, 3.63) is 40.9 Å². The Morgan fingerprint density at radius 1 is 1.43 bits per heavy atom. The van der Waals surface area contributed by atoms with Crippen LogP contribution >= 0.6 is 0 Å². The van der Waals surface area contributed by atoms with Crippen molar-refractivity contribution in [2.75, 3.05) is 0 Å². The second-order valence-corrected chi connectivity index (χ2v) is 2.35. The molecule has 0 unspecified atom stereocenters. The number of ketones is 1.